The second kappa shape index (κ2) is 7.15. The van der Waals surface area contributed by atoms with Gasteiger partial charge in [-0.1, -0.05) is 38.1 Å². The summed E-state index contributed by atoms with van der Waals surface area (Å²) >= 11 is 0. The van der Waals surface area contributed by atoms with Gasteiger partial charge in [0.25, 0.3) is 0 Å². The number of benzene rings is 1. The number of aryl methyl sites for hydroxylation is 2. The lowest BCUT2D eigenvalue weighted by Crippen LogP contribution is -2.25. The smallest absolute Gasteiger partial charge is 0.149 e. The summed E-state index contributed by atoms with van der Waals surface area (Å²) in [4.78, 5) is 8.98. The number of aromatic nitrogens is 2. The van der Waals surface area contributed by atoms with Crippen LogP contribution in [0.2, 0.25) is 0 Å². The molecule has 0 saturated heterocycles. The molecular weight excluding hydrogens is 246 g/mol. The average Bonchev–Trinajstić information content (AvgIpc) is 2.49. The maximum Gasteiger partial charge on any atom is 0.149 e. The van der Waals surface area contributed by atoms with Crippen LogP contribution >= 0.6 is 0 Å². The van der Waals surface area contributed by atoms with Gasteiger partial charge in [0.15, 0.2) is 0 Å². The molecule has 1 heterocycles. The van der Waals surface area contributed by atoms with Gasteiger partial charge in [-0.15, -0.1) is 0 Å². The van der Waals surface area contributed by atoms with E-state index in [0.29, 0.717) is 0 Å². The molecule has 106 valence electrons. The summed E-state index contributed by atoms with van der Waals surface area (Å²) in [7, 11) is 0. The van der Waals surface area contributed by atoms with Gasteiger partial charge < -0.3 is 5.32 Å². The Morgan fingerprint density at radius 3 is 2.55 bits per heavy atom. The highest BCUT2D eigenvalue weighted by Crippen LogP contribution is 2.20. The molecule has 0 saturated carbocycles. The highest BCUT2D eigenvalue weighted by atomic mass is 15.0. The van der Waals surface area contributed by atoms with Crippen LogP contribution in [0.3, 0.4) is 0 Å². The zero-order valence-corrected chi connectivity index (χ0v) is 12.6. The molecule has 2 aromatic rings. The zero-order chi connectivity index (χ0) is 14.4. The number of hydrogen-bond acceptors (Lipinski definition) is 3. The third kappa shape index (κ3) is 3.64. The molecule has 1 unspecified atom stereocenters. The van der Waals surface area contributed by atoms with Crippen molar-refractivity contribution in [1.82, 2.24) is 15.3 Å². The van der Waals surface area contributed by atoms with Gasteiger partial charge in [0.05, 0.1) is 6.04 Å². The van der Waals surface area contributed by atoms with Crippen LogP contribution in [0.15, 0.2) is 36.7 Å². The molecule has 0 aliphatic rings. The van der Waals surface area contributed by atoms with Crippen molar-refractivity contribution in [3.63, 3.8) is 0 Å². The van der Waals surface area contributed by atoms with Crippen molar-refractivity contribution >= 4 is 0 Å². The van der Waals surface area contributed by atoms with Crippen LogP contribution in [0, 0.1) is 6.92 Å². The summed E-state index contributed by atoms with van der Waals surface area (Å²) < 4.78 is 0. The van der Waals surface area contributed by atoms with Crippen molar-refractivity contribution in [1.29, 1.82) is 0 Å². The van der Waals surface area contributed by atoms with E-state index < -0.39 is 0 Å². The summed E-state index contributed by atoms with van der Waals surface area (Å²) in [6.45, 7) is 7.31. The summed E-state index contributed by atoms with van der Waals surface area (Å²) in [5.41, 5.74) is 3.67. The fourth-order valence-corrected chi connectivity index (χ4v) is 2.19. The van der Waals surface area contributed by atoms with E-state index in [2.05, 4.69) is 53.4 Å². The molecule has 1 aromatic heterocycles. The first-order valence-electron chi connectivity index (χ1n) is 7.35. The molecule has 0 aliphatic carbocycles. The molecule has 0 radical (unpaired) electrons. The third-order valence-electron chi connectivity index (χ3n) is 3.35. The van der Waals surface area contributed by atoms with Crippen LogP contribution in [-0.4, -0.2) is 16.5 Å². The lowest BCUT2D eigenvalue weighted by atomic mass is 10.0. The lowest BCUT2D eigenvalue weighted by molar-refractivity contribution is 0.571. The van der Waals surface area contributed by atoms with Crippen LogP contribution in [0.1, 0.15) is 48.8 Å². The van der Waals surface area contributed by atoms with Gasteiger partial charge in [-0.2, -0.15) is 0 Å². The van der Waals surface area contributed by atoms with Gasteiger partial charge in [0, 0.05) is 12.4 Å². The Hall–Kier alpha value is -1.74. The molecule has 0 amide bonds. The van der Waals surface area contributed by atoms with E-state index in [1.807, 2.05) is 19.3 Å². The van der Waals surface area contributed by atoms with Crippen molar-refractivity contribution in [3.05, 3.63) is 59.2 Å². The third-order valence-corrected chi connectivity index (χ3v) is 3.35. The second-order valence-corrected chi connectivity index (χ2v) is 5.10. The van der Waals surface area contributed by atoms with Crippen LogP contribution in [0.4, 0.5) is 0 Å². The van der Waals surface area contributed by atoms with Gasteiger partial charge in [0.1, 0.15) is 5.82 Å². The monoisotopic (exact) mass is 269 g/mol. The zero-order valence-electron chi connectivity index (χ0n) is 12.6. The molecule has 20 heavy (non-hydrogen) atoms. The highest BCUT2D eigenvalue weighted by molar-refractivity contribution is 5.30. The minimum absolute atomic E-state index is 0.0713. The molecule has 1 atom stereocenters. The van der Waals surface area contributed by atoms with Crippen molar-refractivity contribution in [2.75, 3.05) is 6.54 Å². The van der Waals surface area contributed by atoms with E-state index in [0.717, 1.165) is 30.8 Å². The van der Waals surface area contributed by atoms with Gasteiger partial charge in [-0.25, -0.2) is 9.97 Å². The van der Waals surface area contributed by atoms with Gasteiger partial charge in [0.2, 0.25) is 0 Å². The Kier molecular flexibility index (Phi) is 5.24. The molecule has 2 rings (SSSR count). The largest absolute Gasteiger partial charge is 0.304 e. The first kappa shape index (κ1) is 14.7. The van der Waals surface area contributed by atoms with Crippen LogP contribution in [0.25, 0.3) is 0 Å². The molecule has 1 aromatic carbocycles. The second-order valence-electron chi connectivity index (χ2n) is 5.10. The molecule has 0 fully saturated rings. The number of nitrogens with one attached hydrogen (secondary N) is 1. The Bertz CT molecular complexity index is 534. The number of nitrogens with zero attached hydrogens (tertiary/aromatic N) is 2. The minimum Gasteiger partial charge on any atom is -0.304 e. The summed E-state index contributed by atoms with van der Waals surface area (Å²) in [6.07, 6.45) is 5.90. The Morgan fingerprint density at radius 1 is 1.15 bits per heavy atom. The molecule has 0 spiro atoms. The minimum atomic E-state index is 0.0713. The van der Waals surface area contributed by atoms with Gasteiger partial charge in [-0.3, -0.25) is 0 Å². The van der Waals surface area contributed by atoms with Crippen molar-refractivity contribution in [3.8, 4) is 0 Å². The van der Waals surface area contributed by atoms with E-state index >= 15 is 0 Å². The van der Waals surface area contributed by atoms with Gasteiger partial charge >= 0.3 is 0 Å². The molecule has 3 nitrogen and oxygen atoms in total. The quantitative estimate of drug-likeness (QED) is 0.873. The maximum atomic E-state index is 4.49. The predicted molar refractivity (Wildman–Crippen MR) is 82.7 cm³/mol. The Balaban J connectivity index is 2.32. The summed E-state index contributed by atoms with van der Waals surface area (Å²) in [6, 6.07) is 8.74. The standard InChI is InChI=1S/C17H23N3/c1-4-9-18-16(17-19-11-13(3)12-20-17)15-8-6-7-14(5-2)10-15/h6-8,10-12,16,18H,4-5,9H2,1-3H3. The van der Waals surface area contributed by atoms with E-state index in [1.54, 1.807) is 0 Å². The number of hydrogen-bond donors (Lipinski definition) is 1. The van der Waals surface area contributed by atoms with Crippen LogP contribution in [0.5, 0.6) is 0 Å². The molecule has 0 bridgehead atoms. The van der Waals surface area contributed by atoms with Crippen molar-refractivity contribution < 1.29 is 0 Å². The fraction of sp³-hybridized carbons (Fsp3) is 0.412. The van der Waals surface area contributed by atoms with Crippen LogP contribution in [-0.2, 0) is 6.42 Å². The van der Waals surface area contributed by atoms with E-state index in [4.69, 9.17) is 0 Å². The first-order chi connectivity index (χ1) is 9.74. The molecular formula is C17H23N3. The molecule has 1 N–H and O–H groups in total. The topological polar surface area (TPSA) is 37.8 Å². The van der Waals surface area contributed by atoms with E-state index in [1.165, 1.54) is 11.1 Å². The fourth-order valence-electron chi connectivity index (χ4n) is 2.19. The van der Waals surface area contributed by atoms with Gasteiger partial charge in [-0.05, 0) is 43.0 Å². The van der Waals surface area contributed by atoms with E-state index in [9.17, 15) is 0 Å². The van der Waals surface area contributed by atoms with Crippen molar-refractivity contribution in [2.24, 2.45) is 0 Å². The maximum absolute atomic E-state index is 4.49. The lowest BCUT2D eigenvalue weighted by Gasteiger charge is -2.18. The first-order valence-corrected chi connectivity index (χ1v) is 7.35. The Labute approximate surface area is 121 Å². The summed E-state index contributed by atoms with van der Waals surface area (Å²) in [5.74, 6) is 0.845. The normalized spacial score (nSPS) is 12.3. The molecule has 3 heteroatoms. The number of rotatable bonds is 6. The SMILES string of the molecule is CCCNC(c1cccc(CC)c1)c1ncc(C)cn1. The Morgan fingerprint density at radius 2 is 1.90 bits per heavy atom. The van der Waals surface area contributed by atoms with Crippen molar-refractivity contribution in [2.45, 2.75) is 39.7 Å². The molecule has 0 aliphatic heterocycles. The predicted octanol–water partition coefficient (Wildman–Crippen LogP) is 3.44. The van der Waals surface area contributed by atoms with E-state index in [-0.39, 0.29) is 6.04 Å². The summed E-state index contributed by atoms with van der Waals surface area (Å²) in [5, 5.41) is 3.55. The van der Waals surface area contributed by atoms with Crippen LogP contribution < -0.4 is 5.32 Å². The average molecular weight is 269 g/mol. The highest BCUT2D eigenvalue weighted by Gasteiger charge is 2.16.